The van der Waals surface area contributed by atoms with Crippen molar-refractivity contribution in [1.82, 2.24) is 0 Å². The Balaban J connectivity index is 1.81. The molecule has 0 unspecified atom stereocenters. The van der Waals surface area contributed by atoms with E-state index in [9.17, 15) is 14.4 Å². The van der Waals surface area contributed by atoms with Crippen molar-refractivity contribution in [1.29, 1.82) is 0 Å². The Kier molecular flexibility index (Phi) is 11.1. The summed E-state index contributed by atoms with van der Waals surface area (Å²) in [7, 11) is -3.02. The molecule has 0 spiro atoms. The van der Waals surface area contributed by atoms with Crippen LogP contribution >= 0.6 is 11.8 Å². The molecule has 3 aromatic rings. The lowest BCUT2D eigenvalue weighted by Crippen LogP contribution is -2.68. The van der Waals surface area contributed by atoms with Crippen LogP contribution in [0.25, 0.3) is 0 Å². The van der Waals surface area contributed by atoms with Crippen molar-refractivity contribution in [3.05, 3.63) is 91.0 Å². The fraction of sp³-hybridized carbons (Fsp3) is 0.382. The second kappa shape index (κ2) is 14.6. The number of hydrogen-bond acceptors (Lipinski definition) is 9. The standard InChI is InChI=1S/C34H40O8SSi/c1-23(35)39-30-29(22-38-44(34(4,5)6,27-18-12-8-13-19-27)28-20-14-9-15-21-28)42-33(43-26-16-10-7-11-17-26)32(41-25(3)37)31(30)40-24(2)36/h7-21,29-33H,22H2,1-6H3/t29-,30+,31+,32+,33-/m1/s1. The van der Waals surface area contributed by atoms with E-state index in [-0.39, 0.29) is 11.6 Å². The van der Waals surface area contributed by atoms with Crippen LogP contribution in [0.1, 0.15) is 41.5 Å². The summed E-state index contributed by atoms with van der Waals surface area (Å²) >= 11 is 1.33. The molecule has 8 nitrogen and oxygen atoms in total. The fourth-order valence-corrected chi connectivity index (χ4v) is 11.4. The van der Waals surface area contributed by atoms with E-state index in [2.05, 4.69) is 45.0 Å². The maximum atomic E-state index is 12.4. The number of carbonyl (C=O) groups excluding carboxylic acids is 3. The van der Waals surface area contributed by atoms with Crippen LogP contribution in [0.5, 0.6) is 0 Å². The molecule has 0 N–H and O–H groups in total. The molecule has 3 aromatic carbocycles. The Hall–Kier alpha value is -3.44. The first-order valence-electron chi connectivity index (χ1n) is 14.6. The molecule has 10 heteroatoms. The summed E-state index contributed by atoms with van der Waals surface area (Å²) in [5.41, 5.74) is -0.801. The van der Waals surface area contributed by atoms with Gasteiger partial charge in [0, 0.05) is 25.7 Å². The molecule has 1 heterocycles. The average Bonchev–Trinajstić information content (AvgIpc) is 2.97. The van der Waals surface area contributed by atoms with Crippen LogP contribution in [0.4, 0.5) is 0 Å². The highest BCUT2D eigenvalue weighted by Crippen LogP contribution is 2.40. The number of ether oxygens (including phenoxy) is 4. The quantitative estimate of drug-likeness (QED) is 0.175. The van der Waals surface area contributed by atoms with Gasteiger partial charge in [0.2, 0.25) is 0 Å². The number of esters is 3. The van der Waals surface area contributed by atoms with Gasteiger partial charge in [0.25, 0.3) is 8.32 Å². The molecule has 4 rings (SSSR count). The Morgan fingerprint density at radius 1 is 0.682 bits per heavy atom. The highest BCUT2D eigenvalue weighted by molar-refractivity contribution is 7.99. The zero-order chi connectivity index (χ0) is 31.9. The summed E-state index contributed by atoms with van der Waals surface area (Å²) in [6.45, 7) is 10.3. The van der Waals surface area contributed by atoms with Crippen molar-refractivity contribution in [3.8, 4) is 0 Å². The molecule has 5 atom stereocenters. The molecule has 0 aliphatic carbocycles. The first-order chi connectivity index (χ1) is 20.9. The van der Waals surface area contributed by atoms with Crippen LogP contribution in [0, 0.1) is 0 Å². The molecule has 1 fully saturated rings. The van der Waals surface area contributed by atoms with Gasteiger partial charge < -0.3 is 23.4 Å². The van der Waals surface area contributed by atoms with Gasteiger partial charge in [0.1, 0.15) is 11.5 Å². The van der Waals surface area contributed by atoms with E-state index in [0.717, 1.165) is 15.3 Å². The van der Waals surface area contributed by atoms with Gasteiger partial charge in [-0.05, 0) is 27.5 Å². The van der Waals surface area contributed by atoms with Crippen molar-refractivity contribution in [2.75, 3.05) is 6.61 Å². The third-order valence-corrected chi connectivity index (χ3v) is 13.5. The van der Waals surface area contributed by atoms with E-state index in [1.807, 2.05) is 66.7 Å². The van der Waals surface area contributed by atoms with Crippen LogP contribution in [-0.4, -0.2) is 62.7 Å². The maximum absolute atomic E-state index is 12.4. The number of rotatable bonds is 10. The molecule has 0 saturated carbocycles. The lowest BCUT2D eigenvalue weighted by atomic mass is 9.99. The number of thioether (sulfide) groups is 1. The average molecular weight is 637 g/mol. The normalized spacial score (nSPS) is 22.1. The number of carbonyl (C=O) groups is 3. The second-order valence-corrected chi connectivity index (χ2v) is 17.1. The van der Waals surface area contributed by atoms with Crippen molar-refractivity contribution in [2.45, 2.75) is 81.3 Å². The predicted molar refractivity (Wildman–Crippen MR) is 171 cm³/mol. The van der Waals surface area contributed by atoms with Crippen LogP contribution in [0.2, 0.25) is 5.04 Å². The van der Waals surface area contributed by atoms with Crippen LogP contribution in [0.15, 0.2) is 95.9 Å². The van der Waals surface area contributed by atoms with E-state index in [1.54, 1.807) is 0 Å². The highest BCUT2D eigenvalue weighted by atomic mass is 32.2. The lowest BCUT2D eigenvalue weighted by molar-refractivity contribution is -0.235. The van der Waals surface area contributed by atoms with Crippen LogP contribution in [-0.2, 0) is 37.8 Å². The molecule has 1 aliphatic rings. The zero-order valence-corrected chi connectivity index (χ0v) is 27.7. The summed E-state index contributed by atoms with van der Waals surface area (Å²) in [6.07, 6.45) is -4.16. The molecular formula is C34H40O8SSi. The Morgan fingerprint density at radius 3 is 1.57 bits per heavy atom. The lowest BCUT2D eigenvalue weighted by Gasteiger charge is -2.47. The van der Waals surface area contributed by atoms with Gasteiger partial charge >= 0.3 is 17.9 Å². The summed E-state index contributed by atoms with van der Waals surface area (Å²) < 4.78 is 31.0. The summed E-state index contributed by atoms with van der Waals surface area (Å²) in [4.78, 5) is 38.0. The van der Waals surface area contributed by atoms with Gasteiger partial charge in [-0.3, -0.25) is 14.4 Å². The third-order valence-electron chi connectivity index (χ3n) is 7.37. The second-order valence-electron chi connectivity index (χ2n) is 11.7. The van der Waals surface area contributed by atoms with Crippen molar-refractivity contribution < 1.29 is 37.8 Å². The predicted octanol–water partition coefficient (Wildman–Crippen LogP) is 4.88. The van der Waals surface area contributed by atoms with Gasteiger partial charge in [-0.1, -0.05) is 111 Å². The van der Waals surface area contributed by atoms with Crippen molar-refractivity contribution in [2.24, 2.45) is 0 Å². The van der Waals surface area contributed by atoms with E-state index < -0.39 is 56.1 Å². The maximum Gasteiger partial charge on any atom is 0.303 e. The zero-order valence-electron chi connectivity index (χ0n) is 25.9. The molecule has 0 radical (unpaired) electrons. The Labute approximate surface area is 264 Å². The molecule has 0 amide bonds. The van der Waals surface area contributed by atoms with Gasteiger partial charge in [0.15, 0.2) is 18.3 Å². The van der Waals surface area contributed by atoms with Crippen LogP contribution in [0.3, 0.4) is 0 Å². The third kappa shape index (κ3) is 7.79. The van der Waals surface area contributed by atoms with E-state index in [4.69, 9.17) is 23.4 Å². The van der Waals surface area contributed by atoms with E-state index >= 15 is 0 Å². The Morgan fingerprint density at radius 2 is 1.11 bits per heavy atom. The minimum atomic E-state index is -3.02. The SMILES string of the molecule is CC(=O)O[C@H]1[C@@H](OC(C)=O)[C@@H](CO[Si](c2ccccc2)(c2ccccc2)C(C)(C)C)O[C@H](Sc2ccccc2)[C@H]1OC(C)=O. The largest absolute Gasteiger partial charge is 0.456 e. The molecule has 0 bridgehead atoms. The highest BCUT2D eigenvalue weighted by Gasteiger charge is 2.55. The first-order valence-corrected chi connectivity index (χ1v) is 17.3. The molecule has 44 heavy (non-hydrogen) atoms. The topological polar surface area (TPSA) is 97.4 Å². The monoisotopic (exact) mass is 636 g/mol. The van der Waals surface area contributed by atoms with Gasteiger partial charge in [0.05, 0.1) is 6.61 Å². The van der Waals surface area contributed by atoms with Gasteiger partial charge in [-0.15, -0.1) is 0 Å². The molecular weight excluding hydrogens is 597 g/mol. The number of benzene rings is 3. The molecule has 234 valence electrons. The van der Waals surface area contributed by atoms with Crippen molar-refractivity contribution >= 4 is 48.4 Å². The van der Waals surface area contributed by atoms with Crippen molar-refractivity contribution in [3.63, 3.8) is 0 Å². The van der Waals surface area contributed by atoms with E-state index in [0.29, 0.717) is 0 Å². The van der Waals surface area contributed by atoms with Gasteiger partial charge in [-0.25, -0.2) is 0 Å². The number of hydrogen-bond donors (Lipinski definition) is 0. The summed E-state index contributed by atoms with van der Waals surface area (Å²) in [5, 5.41) is 1.82. The summed E-state index contributed by atoms with van der Waals surface area (Å²) in [6, 6.07) is 29.8. The molecule has 1 saturated heterocycles. The molecule has 1 aliphatic heterocycles. The van der Waals surface area contributed by atoms with E-state index in [1.165, 1.54) is 32.5 Å². The minimum Gasteiger partial charge on any atom is -0.456 e. The fourth-order valence-electron chi connectivity index (χ4n) is 5.69. The van der Waals surface area contributed by atoms with Gasteiger partial charge in [-0.2, -0.15) is 0 Å². The molecule has 0 aromatic heterocycles. The minimum absolute atomic E-state index is 0.0155. The Bertz CT molecular complexity index is 1360. The smallest absolute Gasteiger partial charge is 0.303 e. The summed E-state index contributed by atoms with van der Waals surface area (Å²) in [5.74, 6) is -1.79. The van der Waals surface area contributed by atoms with Crippen LogP contribution < -0.4 is 10.4 Å². The first kappa shape index (κ1) is 33.4.